The van der Waals surface area contributed by atoms with E-state index in [-0.39, 0.29) is 30.2 Å². The normalized spacial score (nSPS) is 30.5. The van der Waals surface area contributed by atoms with E-state index >= 15 is 0 Å². The molecule has 8 heteroatoms. The highest BCUT2D eigenvalue weighted by atomic mass is 35.5. The molecule has 2 fully saturated rings. The minimum atomic E-state index is -1.04. The van der Waals surface area contributed by atoms with Gasteiger partial charge < -0.3 is 15.3 Å². The van der Waals surface area contributed by atoms with Crippen LogP contribution in [0, 0.1) is 5.92 Å². The van der Waals surface area contributed by atoms with Crippen LogP contribution in [0.4, 0.5) is 0 Å². The van der Waals surface area contributed by atoms with Gasteiger partial charge >= 0.3 is 0 Å². The Kier molecular flexibility index (Phi) is 4.42. The zero-order valence-electron chi connectivity index (χ0n) is 14.4. The van der Waals surface area contributed by atoms with Gasteiger partial charge in [-0.05, 0) is 55.4 Å². The minimum Gasteiger partial charge on any atom is -0.361 e. The fourth-order valence-corrected chi connectivity index (χ4v) is 4.60. The molecule has 1 aromatic rings. The Morgan fingerprint density at radius 2 is 2.04 bits per heavy atom. The van der Waals surface area contributed by atoms with Crippen molar-refractivity contribution in [2.75, 3.05) is 0 Å². The van der Waals surface area contributed by atoms with Crippen LogP contribution >= 0.6 is 23.2 Å². The lowest BCUT2D eigenvalue weighted by Crippen LogP contribution is -2.50. The van der Waals surface area contributed by atoms with E-state index in [0.29, 0.717) is 23.0 Å². The average Bonchev–Trinajstić information content (AvgIpc) is 3.33. The Morgan fingerprint density at radius 1 is 1.35 bits per heavy atom. The van der Waals surface area contributed by atoms with Gasteiger partial charge in [0, 0.05) is 13.0 Å². The van der Waals surface area contributed by atoms with Gasteiger partial charge in [-0.1, -0.05) is 23.2 Å². The van der Waals surface area contributed by atoms with Crippen molar-refractivity contribution in [1.29, 1.82) is 0 Å². The maximum absolute atomic E-state index is 12.9. The van der Waals surface area contributed by atoms with Crippen LogP contribution in [0.3, 0.4) is 0 Å². The van der Waals surface area contributed by atoms with Gasteiger partial charge in [0.2, 0.25) is 11.8 Å². The third-order valence-corrected chi connectivity index (χ3v) is 6.56. The largest absolute Gasteiger partial charge is 0.361 e. The number of hydrogen-bond acceptors (Lipinski definition) is 4. The summed E-state index contributed by atoms with van der Waals surface area (Å²) < 4.78 is 0. The molecule has 140 valence electrons. The molecular weight excluding hydrogens is 377 g/mol. The smallest absolute Gasteiger partial charge is 0.243 e. The Balaban J connectivity index is 1.47. The number of nitrogens with zero attached hydrogens (tertiary/aromatic N) is 1. The summed E-state index contributed by atoms with van der Waals surface area (Å²) in [5.41, 5.74) is 1.18. The van der Waals surface area contributed by atoms with Crippen molar-refractivity contribution < 1.29 is 14.7 Å². The zero-order valence-corrected chi connectivity index (χ0v) is 15.9. The number of amides is 2. The molecule has 0 spiro atoms. The summed E-state index contributed by atoms with van der Waals surface area (Å²) in [4.78, 5) is 27.0. The second kappa shape index (κ2) is 6.37. The highest BCUT2D eigenvalue weighted by Crippen LogP contribution is 2.45. The number of aliphatic hydroxyl groups is 1. The Morgan fingerprint density at radius 3 is 2.65 bits per heavy atom. The lowest BCUT2D eigenvalue weighted by atomic mass is 9.87. The molecule has 1 saturated carbocycles. The van der Waals surface area contributed by atoms with Gasteiger partial charge in [-0.2, -0.15) is 0 Å². The van der Waals surface area contributed by atoms with E-state index in [4.69, 9.17) is 23.2 Å². The first-order chi connectivity index (χ1) is 12.3. The molecule has 1 aliphatic carbocycles. The minimum absolute atomic E-state index is 0.0167. The van der Waals surface area contributed by atoms with Crippen molar-refractivity contribution >= 4 is 35.0 Å². The number of carbonyl (C=O) groups is 2. The maximum atomic E-state index is 12.9. The van der Waals surface area contributed by atoms with Crippen LogP contribution in [-0.4, -0.2) is 33.7 Å². The highest BCUT2D eigenvalue weighted by molar-refractivity contribution is 6.42. The molecule has 0 bridgehead atoms. The molecule has 3 aliphatic rings. The van der Waals surface area contributed by atoms with Crippen molar-refractivity contribution in [1.82, 2.24) is 15.5 Å². The molecule has 2 heterocycles. The van der Waals surface area contributed by atoms with E-state index in [1.54, 1.807) is 4.90 Å². The summed E-state index contributed by atoms with van der Waals surface area (Å²) in [5.74, 6) is -0.0492. The van der Waals surface area contributed by atoms with E-state index in [9.17, 15) is 14.7 Å². The molecule has 2 amide bonds. The molecular formula is C18H21Cl2N3O3. The summed E-state index contributed by atoms with van der Waals surface area (Å²) in [6, 6.07) is 3.56. The van der Waals surface area contributed by atoms with Crippen molar-refractivity contribution in [3.8, 4) is 0 Å². The molecule has 1 unspecified atom stereocenters. The molecule has 4 rings (SSSR count). The van der Waals surface area contributed by atoms with Crippen LogP contribution in [0.15, 0.2) is 12.1 Å². The number of benzene rings is 1. The Hall–Kier alpha value is -1.34. The van der Waals surface area contributed by atoms with E-state index in [1.165, 1.54) is 0 Å². The van der Waals surface area contributed by atoms with Crippen LogP contribution in [0.2, 0.25) is 10.0 Å². The van der Waals surface area contributed by atoms with Crippen LogP contribution in [-0.2, 0) is 16.1 Å². The van der Waals surface area contributed by atoms with Crippen LogP contribution < -0.4 is 10.6 Å². The van der Waals surface area contributed by atoms with E-state index in [1.807, 2.05) is 19.1 Å². The highest BCUT2D eigenvalue weighted by Gasteiger charge is 2.55. The van der Waals surface area contributed by atoms with Crippen LogP contribution in [0.5, 0.6) is 0 Å². The topological polar surface area (TPSA) is 81.7 Å². The first-order valence-corrected chi connectivity index (χ1v) is 9.61. The molecule has 1 aromatic carbocycles. The summed E-state index contributed by atoms with van der Waals surface area (Å²) in [7, 11) is 0. The molecule has 1 saturated heterocycles. The van der Waals surface area contributed by atoms with Crippen molar-refractivity contribution in [2.45, 2.75) is 57.1 Å². The molecule has 3 N–H and O–H groups in total. The first-order valence-electron chi connectivity index (χ1n) is 8.86. The Labute approximate surface area is 161 Å². The molecule has 0 aromatic heterocycles. The summed E-state index contributed by atoms with van der Waals surface area (Å²) >= 11 is 12.2. The summed E-state index contributed by atoms with van der Waals surface area (Å²) in [6.07, 6.45) is 1.44. The second-order valence-electron chi connectivity index (χ2n) is 7.43. The van der Waals surface area contributed by atoms with Gasteiger partial charge in [0.15, 0.2) is 6.35 Å². The SMILES string of the molecule is C[C@H]1c2cc(Cl)c(Cl)cc2CN1C(=O)CC[C@@]1(C2CC2)NC(O)NC1=O. The maximum Gasteiger partial charge on any atom is 0.243 e. The number of fused-ring (bicyclic) bond motifs is 1. The van der Waals surface area contributed by atoms with E-state index in [2.05, 4.69) is 10.6 Å². The lowest BCUT2D eigenvalue weighted by Gasteiger charge is -2.28. The molecule has 0 radical (unpaired) electrons. The zero-order chi connectivity index (χ0) is 18.6. The van der Waals surface area contributed by atoms with Gasteiger partial charge in [0.1, 0.15) is 5.54 Å². The quantitative estimate of drug-likeness (QED) is 0.727. The number of carbonyl (C=O) groups excluding carboxylic acids is 2. The second-order valence-corrected chi connectivity index (χ2v) is 8.24. The van der Waals surface area contributed by atoms with Gasteiger partial charge in [0.25, 0.3) is 0 Å². The van der Waals surface area contributed by atoms with E-state index < -0.39 is 11.9 Å². The predicted octanol–water partition coefficient (Wildman–Crippen LogP) is 2.32. The van der Waals surface area contributed by atoms with Gasteiger partial charge in [-0.25, -0.2) is 0 Å². The number of rotatable bonds is 4. The lowest BCUT2D eigenvalue weighted by molar-refractivity contribution is -0.134. The monoisotopic (exact) mass is 397 g/mol. The van der Waals surface area contributed by atoms with Gasteiger partial charge in [-0.3, -0.25) is 14.9 Å². The third kappa shape index (κ3) is 2.89. The summed E-state index contributed by atoms with van der Waals surface area (Å²) in [6.45, 7) is 2.46. The fraction of sp³-hybridized carbons (Fsp3) is 0.556. The van der Waals surface area contributed by atoms with E-state index in [0.717, 1.165) is 24.0 Å². The van der Waals surface area contributed by atoms with Crippen molar-refractivity contribution in [3.63, 3.8) is 0 Å². The number of halogens is 2. The molecule has 3 atom stereocenters. The van der Waals surface area contributed by atoms with Crippen LogP contribution in [0.1, 0.15) is 49.8 Å². The number of hydrogen-bond donors (Lipinski definition) is 3. The standard InChI is InChI=1S/C18H21Cl2N3O3/c1-9-12-7-14(20)13(19)6-10(12)8-23(9)15(24)4-5-18(11-2-3-11)16(25)21-17(26)22-18/h6-7,9,11,17,22,26H,2-5,8H2,1H3,(H,21,25)/t9-,17?,18-/m0/s1. The Bertz CT molecular complexity index is 783. The summed E-state index contributed by atoms with van der Waals surface area (Å²) in [5, 5.41) is 16.2. The first kappa shape index (κ1) is 18.0. The molecule has 6 nitrogen and oxygen atoms in total. The molecule has 26 heavy (non-hydrogen) atoms. The van der Waals surface area contributed by atoms with Gasteiger partial charge in [0.05, 0.1) is 16.1 Å². The molecule has 2 aliphatic heterocycles. The van der Waals surface area contributed by atoms with Gasteiger partial charge in [-0.15, -0.1) is 0 Å². The van der Waals surface area contributed by atoms with Crippen molar-refractivity contribution in [3.05, 3.63) is 33.3 Å². The average molecular weight is 398 g/mol. The number of nitrogens with one attached hydrogen (secondary N) is 2. The van der Waals surface area contributed by atoms with Crippen LogP contribution in [0.25, 0.3) is 0 Å². The number of aliphatic hydroxyl groups excluding tert-OH is 1. The predicted molar refractivity (Wildman–Crippen MR) is 97.4 cm³/mol. The van der Waals surface area contributed by atoms with Crippen molar-refractivity contribution in [2.24, 2.45) is 5.92 Å². The fourth-order valence-electron chi connectivity index (χ4n) is 4.24. The third-order valence-electron chi connectivity index (χ3n) is 5.84.